The van der Waals surface area contributed by atoms with Crippen LogP contribution in [0.15, 0.2) is 17.2 Å². The van der Waals surface area contributed by atoms with Crippen molar-refractivity contribution in [3.8, 4) is 5.75 Å². The lowest BCUT2D eigenvalue weighted by atomic mass is 10.2. The summed E-state index contributed by atoms with van der Waals surface area (Å²) in [6, 6.07) is 3.22. The molecule has 0 saturated carbocycles. The molecule has 1 aromatic carbocycles. The minimum atomic E-state index is -0.0747. The Bertz CT molecular complexity index is 478. The van der Waals surface area contributed by atoms with Gasteiger partial charge < -0.3 is 10.4 Å². The van der Waals surface area contributed by atoms with E-state index >= 15 is 0 Å². The van der Waals surface area contributed by atoms with Crippen molar-refractivity contribution < 1.29 is 5.11 Å². The number of hydrazone groups is 1. The number of thiocarbonyl (C=S) groups is 1. The van der Waals surface area contributed by atoms with Gasteiger partial charge in [-0.3, -0.25) is 5.43 Å². The van der Waals surface area contributed by atoms with E-state index < -0.39 is 0 Å². The average Bonchev–Trinajstić information content (AvgIpc) is 2.23. The summed E-state index contributed by atoms with van der Waals surface area (Å²) in [5, 5.41) is 17.5. The summed E-state index contributed by atoms with van der Waals surface area (Å²) >= 11 is 16.6. The van der Waals surface area contributed by atoms with Crippen molar-refractivity contribution in [1.29, 1.82) is 0 Å². The Morgan fingerprint density at radius 2 is 2.11 bits per heavy atom. The molecule has 0 saturated heterocycles. The number of nitrogens with zero attached hydrogens (tertiary/aromatic N) is 1. The van der Waals surface area contributed by atoms with Crippen molar-refractivity contribution in [3.63, 3.8) is 0 Å². The predicted octanol–water partition coefficient (Wildman–Crippen LogP) is 2.91. The summed E-state index contributed by atoms with van der Waals surface area (Å²) in [5.74, 6) is -0.0747. The Labute approximate surface area is 121 Å². The molecule has 7 heteroatoms. The van der Waals surface area contributed by atoms with Crippen molar-refractivity contribution in [2.75, 3.05) is 0 Å². The Kier molecular flexibility index (Phi) is 5.65. The number of hydrogen-bond donors (Lipinski definition) is 3. The summed E-state index contributed by atoms with van der Waals surface area (Å²) in [4.78, 5) is 0. The summed E-state index contributed by atoms with van der Waals surface area (Å²) in [5.41, 5.74) is 3.03. The quantitative estimate of drug-likeness (QED) is 0.456. The number of nitrogens with one attached hydrogen (secondary N) is 2. The first-order valence-electron chi connectivity index (χ1n) is 5.17. The van der Waals surface area contributed by atoms with E-state index in [1.54, 1.807) is 6.07 Å². The van der Waals surface area contributed by atoms with Gasteiger partial charge in [-0.1, -0.05) is 23.2 Å². The normalized spacial score (nSPS) is 10.9. The highest BCUT2D eigenvalue weighted by Crippen LogP contribution is 2.29. The number of halogens is 2. The molecule has 0 unspecified atom stereocenters. The van der Waals surface area contributed by atoms with Crippen LogP contribution in [0.1, 0.15) is 19.4 Å². The Balaban J connectivity index is 2.70. The molecule has 3 N–H and O–H groups in total. The molecule has 0 bridgehead atoms. The van der Waals surface area contributed by atoms with Gasteiger partial charge in [0.2, 0.25) is 0 Å². The first kappa shape index (κ1) is 15.0. The van der Waals surface area contributed by atoms with Gasteiger partial charge in [0, 0.05) is 16.6 Å². The maximum atomic E-state index is 9.67. The molecule has 0 aromatic heterocycles. The number of phenols is 1. The highest BCUT2D eigenvalue weighted by Gasteiger charge is 2.05. The van der Waals surface area contributed by atoms with E-state index in [4.69, 9.17) is 35.4 Å². The van der Waals surface area contributed by atoms with E-state index in [9.17, 15) is 5.11 Å². The first-order valence-corrected chi connectivity index (χ1v) is 6.34. The molecule has 0 atom stereocenters. The average molecular weight is 306 g/mol. The lowest BCUT2D eigenvalue weighted by Crippen LogP contribution is -2.36. The van der Waals surface area contributed by atoms with Gasteiger partial charge in [-0.2, -0.15) is 5.10 Å². The van der Waals surface area contributed by atoms with Gasteiger partial charge >= 0.3 is 0 Å². The molecule has 0 radical (unpaired) electrons. The van der Waals surface area contributed by atoms with Crippen molar-refractivity contribution in [2.45, 2.75) is 19.9 Å². The highest BCUT2D eigenvalue weighted by atomic mass is 35.5. The maximum Gasteiger partial charge on any atom is 0.187 e. The number of phenolic OH excluding ortho intramolecular Hbond substituents is 1. The van der Waals surface area contributed by atoms with E-state index in [0.717, 1.165) is 0 Å². The van der Waals surface area contributed by atoms with Crippen molar-refractivity contribution in [2.24, 2.45) is 5.10 Å². The highest BCUT2D eigenvalue weighted by molar-refractivity contribution is 7.80. The molecular weight excluding hydrogens is 293 g/mol. The summed E-state index contributed by atoms with van der Waals surface area (Å²) in [7, 11) is 0. The Hall–Kier alpha value is -1.04. The fourth-order valence-corrected chi connectivity index (χ4v) is 1.94. The van der Waals surface area contributed by atoms with Gasteiger partial charge in [0.05, 0.1) is 11.2 Å². The molecule has 4 nitrogen and oxygen atoms in total. The van der Waals surface area contributed by atoms with E-state index in [-0.39, 0.29) is 16.8 Å². The lowest BCUT2D eigenvalue weighted by molar-refractivity contribution is 0.474. The molecule has 0 heterocycles. The van der Waals surface area contributed by atoms with Crippen LogP contribution in [0.3, 0.4) is 0 Å². The maximum absolute atomic E-state index is 9.67. The van der Waals surface area contributed by atoms with Crippen LogP contribution in [0, 0.1) is 0 Å². The Morgan fingerprint density at radius 3 is 2.72 bits per heavy atom. The van der Waals surface area contributed by atoms with Crippen LogP contribution < -0.4 is 10.7 Å². The van der Waals surface area contributed by atoms with Crippen LogP contribution in [0.2, 0.25) is 10.0 Å². The fraction of sp³-hybridized carbons (Fsp3) is 0.273. The van der Waals surface area contributed by atoms with Gasteiger partial charge in [-0.15, -0.1) is 0 Å². The van der Waals surface area contributed by atoms with Gasteiger partial charge in [0.1, 0.15) is 5.75 Å². The van der Waals surface area contributed by atoms with Crippen LogP contribution in [0.4, 0.5) is 0 Å². The zero-order chi connectivity index (χ0) is 13.7. The van der Waals surface area contributed by atoms with Gasteiger partial charge in [0.25, 0.3) is 0 Å². The summed E-state index contributed by atoms with van der Waals surface area (Å²) < 4.78 is 0. The Morgan fingerprint density at radius 1 is 1.44 bits per heavy atom. The van der Waals surface area contributed by atoms with E-state index in [1.165, 1.54) is 12.3 Å². The SMILES string of the molecule is CC(C)NC(=S)N/N=C\c1cc(Cl)cc(Cl)c1O. The zero-order valence-corrected chi connectivity index (χ0v) is 12.2. The summed E-state index contributed by atoms with van der Waals surface area (Å²) in [6.45, 7) is 3.92. The standard InChI is InChI=1S/C11H13Cl2N3OS/c1-6(2)15-11(18)16-14-5-7-3-8(12)4-9(13)10(7)17/h3-6,17H,1-2H3,(H2,15,16,18)/b14-5-. The molecule has 18 heavy (non-hydrogen) atoms. The second-order valence-electron chi connectivity index (χ2n) is 3.82. The predicted molar refractivity (Wildman–Crippen MR) is 79.7 cm³/mol. The monoisotopic (exact) mass is 305 g/mol. The minimum Gasteiger partial charge on any atom is -0.506 e. The number of rotatable bonds is 3. The minimum absolute atomic E-state index is 0.0747. The van der Waals surface area contributed by atoms with Crippen molar-refractivity contribution >= 4 is 46.7 Å². The number of benzene rings is 1. The smallest absolute Gasteiger partial charge is 0.187 e. The van der Waals surface area contributed by atoms with Crippen LogP contribution in [0.25, 0.3) is 0 Å². The lowest BCUT2D eigenvalue weighted by Gasteiger charge is -2.09. The van der Waals surface area contributed by atoms with E-state index in [1.807, 2.05) is 13.8 Å². The van der Waals surface area contributed by atoms with Crippen molar-refractivity contribution in [1.82, 2.24) is 10.7 Å². The topological polar surface area (TPSA) is 56.7 Å². The molecule has 0 aliphatic carbocycles. The molecule has 0 aliphatic rings. The second-order valence-corrected chi connectivity index (χ2v) is 5.08. The largest absolute Gasteiger partial charge is 0.506 e. The van der Waals surface area contributed by atoms with Crippen molar-refractivity contribution in [3.05, 3.63) is 27.7 Å². The van der Waals surface area contributed by atoms with Gasteiger partial charge in [-0.05, 0) is 38.2 Å². The zero-order valence-electron chi connectivity index (χ0n) is 9.87. The molecular formula is C11H13Cl2N3OS. The summed E-state index contributed by atoms with van der Waals surface area (Å²) in [6.07, 6.45) is 1.39. The van der Waals surface area contributed by atoms with Gasteiger partial charge in [-0.25, -0.2) is 0 Å². The first-order chi connectivity index (χ1) is 8.40. The third-order valence-electron chi connectivity index (χ3n) is 1.85. The van der Waals surface area contributed by atoms with Crippen LogP contribution in [-0.4, -0.2) is 22.5 Å². The third-order valence-corrected chi connectivity index (χ3v) is 2.56. The molecule has 1 aromatic rings. The molecule has 0 amide bonds. The number of hydrogen-bond acceptors (Lipinski definition) is 3. The fourth-order valence-electron chi connectivity index (χ4n) is 1.14. The molecule has 1 rings (SSSR count). The molecule has 98 valence electrons. The van der Waals surface area contributed by atoms with E-state index in [0.29, 0.717) is 15.7 Å². The van der Waals surface area contributed by atoms with Crippen LogP contribution in [0.5, 0.6) is 5.75 Å². The third kappa shape index (κ3) is 4.68. The van der Waals surface area contributed by atoms with Crippen LogP contribution in [-0.2, 0) is 0 Å². The van der Waals surface area contributed by atoms with Crippen LogP contribution >= 0.6 is 35.4 Å². The second kappa shape index (κ2) is 6.78. The molecule has 0 spiro atoms. The molecule has 0 aliphatic heterocycles. The number of aromatic hydroxyl groups is 1. The van der Waals surface area contributed by atoms with E-state index in [2.05, 4.69) is 15.8 Å². The molecule has 0 fully saturated rings. The van der Waals surface area contributed by atoms with Gasteiger partial charge in [0.15, 0.2) is 5.11 Å².